The molecular weight excluding hydrogens is 486 g/mol. The summed E-state index contributed by atoms with van der Waals surface area (Å²) in [5, 5.41) is 0.892. The third-order valence-electron chi connectivity index (χ3n) is 5.92. The number of amides is 1. The standard InChI is InChI=1S/C26H23FN2O3Se/c1-31-23-11-16-8-9-29(15-18(16)12-24(23)32-2)26(30)17-4-3-5-20(10-17)33-25-14-28-22-7-6-19(27)13-21(22)25/h3-7,10-14,28H,8-9,15H2,1-2H3. The van der Waals surface area contributed by atoms with E-state index in [1.807, 2.05) is 47.5 Å². The van der Waals surface area contributed by atoms with Crippen LogP contribution in [0.5, 0.6) is 11.5 Å². The number of ether oxygens (including phenoxy) is 2. The molecule has 0 saturated heterocycles. The first-order chi connectivity index (χ1) is 16.1. The molecule has 0 spiro atoms. The summed E-state index contributed by atoms with van der Waals surface area (Å²) >= 11 is -0.0548. The van der Waals surface area contributed by atoms with Gasteiger partial charge >= 0.3 is 198 Å². The fraction of sp³-hybridized carbons (Fsp3) is 0.192. The number of benzene rings is 3. The predicted octanol–water partition coefficient (Wildman–Crippen LogP) is 3.18. The third-order valence-corrected chi connectivity index (χ3v) is 8.12. The molecule has 0 saturated carbocycles. The van der Waals surface area contributed by atoms with Crippen LogP contribution in [0.25, 0.3) is 10.9 Å². The van der Waals surface area contributed by atoms with Gasteiger partial charge < -0.3 is 0 Å². The molecule has 1 aromatic heterocycles. The van der Waals surface area contributed by atoms with Gasteiger partial charge in [-0.1, -0.05) is 0 Å². The molecule has 2 heterocycles. The number of aromatic nitrogens is 1. The number of aromatic amines is 1. The molecule has 5 rings (SSSR count). The maximum absolute atomic E-state index is 13.7. The molecule has 5 nitrogen and oxygen atoms in total. The fourth-order valence-electron chi connectivity index (χ4n) is 4.21. The van der Waals surface area contributed by atoms with Gasteiger partial charge in [0.15, 0.2) is 0 Å². The van der Waals surface area contributed by atoms with E-state index in [1.54, 1.807) is 26.4 Å². The normalized spacial score (nSPS) is 13.1. The van der Waals surface area contributed by atoms with E-state index in [-0.39, 0.29) is 26.7 Å². The van der Waals surface area contributed by atoms with E-state index in [1.165, 1.54) is 11.6 Å². The van der Waals surface area contributed by atoms with Crippen molar-refractivity contribution in [1.29, 1.82) is 0 Å². The van der Waals surface area contributed by atoms with E-state index in [0.717, 1.165) is 31.8 Å². The number of hydrogen-bond acceptors (Lipinski definition) is 3. The van der Waals surface area contributed by atoms with Crippen molar-refractivity contribution in [3.63, 3.8) is 0 Å². The molecule has 33 heavy (non-hydrogen) atoms. The van der Waals surface area contributed by atoms with Crippen LogP contribution < -0.4 is 18.4 Å². The van der Waals surface area contributed by atoms with Crippen LogP contribution in [0.1, 0.15) is 21.5 Å². The molecular formula is C26H23FN2O3Se. The molecule has 4 aromatic rings. The van der Waals surface area contributed by atoms with E-state index < -0.39 is 0 Å². The summed E-state index contributed by atoms with van der Waals surface area (Å²) in [7, 11) is 3.25. The number of nitrogens with one attached hydrogen (secondary N) is 1. The van der Waals surface area contributed by atoms with Crippen molar-refractivity contribution in [2.75, 3.05) is 20.8 Å². The first-order valence-electron chi connectivity index (χ1n) is 10.6. The van der Waals surface area contributed by atoms with E-state index >= 15 is 0 Å². The summed E-state index contributed by atoms with van der Waals surface area (Å²) in [5.74, 6) is 1.15. The summed E-state index contributed by atoms with van der Waals surface area (Å²) in [6.07, 6.45) is 2.70. The van der Waals surface area contributed by atoms with Gasteiger partial charge in [-0.3, -0.25) is 0 Å². The molecule has 1 aliphatic heterocycles. The second-order valence-electron chi connectivity index (χ2n) is 7.93. The Labute approximate surface area is 197 Å². The van der Waals surface area contributed by atoms with Crippen LogP contribution in [0.2, 0.25) is 0 Å². The Balaban J connectivity index is 1.37. The van der Waals surface area contributed by atoms with Crippen LogP contribution in [-0.2, 0) is 13.0 Å². The van der Waals surface area contributed by atoms with E-state index in [2.05, 4.69) is 4.98 Å². The molecule has 1 aliphatic rings. The molecule has 1 amide bonds. The summed E-state index contributed by atoms with van der Waals surface area (Å²) in [6, 6.07) is 16.5. The number of carbonyl (C=O) groups is 1. The van der Waals surface area contributed by atoms with Crippen molar-refractivity contribution in [2.24, 2.45) is 0 Å². The number of fused-ring (bicyclic) bond motifs is 2. The third kappa shape index (κ3) is 4.22. The number of H-pyrrole nitrogens is 1. The van der Waals surface area contributed by atoms with Crippen LogP contribution in [-0.4, -0.2) is 51.5 Å². The Kier molecular flexibility index (Phi) is 5.83. The van der Waals surface area contributed by atoms with E-state index in [9.17, 15) is 9.18 Å². The molecule has 0 radical (unpaired) electrons. The van der Waals surface area contributed by atoms with Gasteiger partial charge in [0.25, 0.3) is 0 Å². The predicted molar refractivity (Wildman–Crippen MR) is 128 cm³/mol. The van der Waals surface area contributed by atoms with Gasteiger partial charge in [0.2, 0.25) is 0 Å². The molecule has 0 aliphatic carbocycles. The summed E-state index contributed by atoms with van der Waals surface area (Å²) in [5.41, 5.74) is 3.85. The van der Waals surface area contributed by atoms with Gasteiger partial charge in [-0.25, -0.2) is 0 Å². The van der Waals surface area contributed by atoms with Crippen molar-refractivity contribution in [3.05, 3.63) is 83.3 Å². The number of rotatable bonds is 5. The van der Waals surface area contributed by atoms with Crippen molar-refractivity contribution in [3.8, 4) is 11.5 Å². The molecule has 1 N–H and O–H groups in total. The minimum atomic E-state index is -0.247. The fourth-order valence-corrected chi connectivity index (χ4v) is 6.27. The molecule has 7 heteroatoms. The molecule has 0 bridgehead atoms. The topological polar surface area (TPSA) is 54.6 Å². The number of methoxy groups -OCH3 is 2. The summed E-state index contributed by atoms with van der Waals surface area (Å²) in [4.78, 5) is 18.4. The number of halogens is 1. The van der Waals surface area contributed by atoms with Crippen molar-refractivity contribution >= 4 is 40.7 Å². The van der Waals surface area contributed by atoms with Gasteiger partial charge in [0.05, 0.1) is 0 Å². The first-order valence-corrected chi connectivity index (χ1v) is 12.3. The molecule has 0 fully saturated rings. The van der Waals surface area contributed by atoms with Gasteiger partial charge in [-0.2, -0.15) is 0 Å². The van der Waals surface area contributed by atoms with E-state index in [4.69, 9.17) is 9.47 Å². The van der Waals surface area contributed by atoms with Gasteiger partial charge in [-0.15, -0.1) is 0 Å². The first kappa shape index (κ1) is 21.6. The van der Waals surface area contributed by atoms with Crippen molar-refractivity contribution in [2.45, 2.75) is 13.0 Å². The number of nitrogens with zero attached hydrogens (tertiary/aromatic N) is 1. The van der Waals surface area contributed by atoms with Gasteiger partial charge in [0, 0.05) is 0 Å². The zero-order chi connectivity index (χ0) is 22.9. The van der Waals surface area contributed by atoms with Crippen molar-refractivity contribution < 1.29 is 18.7 Å². The quantitative estimate of drug-likeness (QED) is 0.421. The second-order valence-corrected chi connectivity index (χ2v) is 10.3. The Bertz CT molecular complexity index is 1350. The Hall–Kier alpha value is -3.28. The maximum atomic E-state index is 13.7. The zero-order valence-corrected chi connectivity index (χ0v) is 20.1. The summed E-state index contributed by atoms with van der Waals surface area (Å²) in [6.45, 7) is 1.18. The SMILES string of the molecule is COc1cc2c(cc1OC)CN(C(=O)c1cccc([Se]c3c[nH]c4ccc(F)cc34)c1)CC2. The Morgan fingerprint density at radius 3 is 2.61 bits per heavy atom. The van der Waals surface area contributed by atoms with Gasteiger partial charge in [-0.05, 0) is 0 Å². The van der Waals surface area contributed by atoms with Gasteiger partial charge in [0.1, 0.15) is 0 Å². The van der Waals surface area contributed by atoms with Crippen LogP contribution in [0.4, 0.5) is 4.39 Å². The van der Waals surface area contributed by atoms with E-state index in [0.29, 0.717) is 30.2 Å². The van der Waals surface area contributed by atoms with Crippen LogP contribution >= 0.6 is 0 Å². The average Bonchev–Trinajstić information content (AvgIpc) is 3.24. The molecule has 0 atom stereocenters. The molecule has 3 aromatic carbocycles. The Morgan fingerprint density at radius 1 is 1.03 bits per heavy atom. The minimum absolute atomic E-state index is 0.0121. The van der Waals surface area contributed by atoms with Crippen LogP contribution in [0, 0.1) is 5.82 Å². The second kappa shape index (κ2) is 8.93. The molecule has 168 valence electrons. The molecule has 0 unspecified atom stereocenters. The number of hydrogen-bond donors (Lipinski definition) is 1. The van der Waals surface area contributed by atoms with Crippen LogP contribution in [0.15, 0.2) is 60.8 Å². The van der Waals surface area contributed by atoms with Crippen molar-refractivity contribution in [1.82, 2.24) is 9.88 Å². The average molecular weight is 509 g/mol. The Morgan fingerprint density at radius 2 is 1.82 bits per heavy atom. The monoisotopic (exact) mass is 510 g/mol. The number of carbonyl (C=O) groups excluding carboxylic acids is 1. The van der Waals surface area contributed by atoms with Crippen LogP contribution in [0.3, 0.4) is 0 Å². The summed E-state index contributed by atoms with van der Waals surface area (Å²) < 4.78 is 26.7. The zero-order valence-electron chi connectivity index (χ0n) is 18.4.